The maximum absolute atomic E-state index is 12.1. The lowest BCUT2D eigenvalue weighted by atomic mass is 10.1. The number of thiazole rings is 1. The Labute approximate surface area is 149 Å². The van der Waals surface area contributed by atoms with E-state index in [1.165, 1.54) is 11.3 Å². The molecule has 0 spiro atoms. The summed E-state index contributed by atoms with van der Waals surface area (Å²) in [6.45, 7) is 2.16. The van der Waals surface area contributed by atoms with Crippen LogP contribution in [0.3, 0.4) is 0 Å². The van der Waals surface area contributed by atoms with Crippen molar-refractivity contribution in [1.82, 2.24) is 15.5 Å². The lowest BCUT2D eigenvalue weighted by Crippen LogP contribution is -2.37. The SMILES string of the molecule is COc1ccccc1-c1cc(CN[C@H](C)C(=O)Nc2nccs2)on1. The van der Waals surface area contributed by atoms with E-state index in [1.54, 1.807) is 20.2 Å². The smallest absolute Gasteiger partial charge is 0.243 e. The number of methoxy groups -OCH3 is 1. The molecule has 0 bridgehead atoms. The van der Waals surface area contributed by atoms with Gasteiger partial charge in [0.1, 0.15) is 11.4 Å². The monoisotopic (exact) mass is 358 g/mol. The van der Waals surface area contributed by atoms with Crippen molar-refractivity contribution in [2.45, 2.75) is 19.5 Å². The van der Waals surface area contributed by atoms with E-state index in [-0.39, 0.29) is 5.91 Å². The molecule has 0 saturated carbocycles. The zero-order valence-corrected chi connectivity index (χ0v) is 14.7. The van der Waals surface area contributed by atoms with E-state index in [9.17, 15) is 4.79 Å². The number of hydrogen-bond donors (Lipinski definition) is 2. The number of para-hydroxylation sites is 1. The fourth-order valence-corrected chi connectivity index (χ4v) is 2.76. The van der Waals surface area contributed by atoms with Gasteiger partial charge in [0.05, 0.1) is 19.7 Å². The second-order valence-corrected chi connectivity index (χ2v) is 6.20. The molecule has 0 aliphatic carbocycles. The minimum absolute atomic E-state index is 0.153. The predicted octanol–water partition coefficient (Wildman–Crippen LogP) is 2.92. The number of aromatic nitrogens is 2. The van der Waals surface area contributed by atoms with Gasteiger partial charge < -0.3 is 14.6 Å². The molecule has 130 valence electrons. The standard InChI is InChI=1S/C17H18N4O3S/c1-11(16(22)20-17-18-7-8-25-17)19-10-12-9-14(21-24-12)13-5-3-4-6-15(13)23-2/h3-9,11,19H,10H2,1-2H3,(H,18,20,22)/t11-/m1/s1. The Bertz CT molecular complexity index is 832. The van der Waals surface area contributed by atoms with Crippen LogP contribution in [0.1, 0.15) is 12.7 Å². The van der Waals surface area contributed by atoms with Crippen molar-refractivity contribution in [3.63, 3.8) is 0 Å². The highest BCUT2D eigenvalue weighted by atomic mass is 32.1. The van der Waals surface area contributed by atoms with Gasteiger partial charge in [0.15, 0.2) is 10.9 Å². The summed E-state index contributed by atoms with van der Waals surface area (Å²) in [5, 5.41) is 12.3. The number of nitrogens with zero attached hydrogens (tertiary/aromatic N) is 2. The maximum Gasteiger partial charge on any atom is 0.243 e. The van der Waals surface area contributed by atoms with E-state index in [2.05, 4.69) is 20.8 Å². The van der Waals surface area contributed by atoms with Crippen LogP contribution < -0.4 is 15.4 Å². The molecule has 2 heterocycles. The van der Waals surface area contributed by atoms with E-state index in [1.807, 2.05) is 35.7 Å². The minimum atomic E-state index is -0.399. The molecule has 0 radical (unpaired) electrons. The van der Waals surface area contributed by atoms with Crippen molar-refractivity contribution in [1.29, 1.82) is 0 Å². The molecule has 1 aromatic carbocycles. The summed E-state index contributed by atoms with van der Waals surface area (Å²) in [5.41, 5.74) is 1.55. The first-order valence-electron chi connectivity index (χ1n) is 7.70. The molecule has 7 nitrogen and oxygen atoms in total. The number of nitrogens with one attached hydrogen (secondary N) is 2. The van der Waals surface area contributed by atoms with Crippen LogP contribution >= 0.6 is 11.3 Å². The first-order chi connectivity index (χ1) is 12.2. The summed E-state index contributed by atoms with van der Waals surface area (Å²) >= 11 is 1.38. The molecule has 3 aromatic rings. The highest BCUT2D eigenvalue weighted by molar-refractivity contribution is 7.13. The molecule has 25 heavy (non-hydrogen) atoms. The Morgan fingerprint density at radius 3 is 3.00 bits per heavy atom. The number of ether oxygens (including phenoxy) is 1. The van der Waals surface area contributed by atoms with Gasteiger partial charge in [-0.3, -0.25) is 10.1 Å². The fraction of sp³-hybridized carbons (Fsp3) is 0.235. The third-order valence-electron chi connectivity index (χ3n) is 3.58. The van der Waals surface area contributed by atoms with E-state index < -0.39 is 6.04 Å². The lowest BCUT2D eigenvalue weighted by molar-refractivity contribution is -0.117. The molecule has 8 heteroatoms. The third-order valence-corrected chi connectivity index (χ3v) is 4.27. The molecule has 0 fully saturated rings. The van der Waals surface area contributed by atoms with Gasteiger partial charge in [-0.2, -0.15) is 0 Å². The molecule has 0 aliphatic rings. The van der Waals surface area contributed by atoms with Crippen molar-refractivity contribution in [2.24, 2.45) is 0 Å². The number of carbonyl (C=O) groups excluding carboxylic acids is 1. The first kappa shape index (κ1) is 17.1. The second kappa shape index (κ2) is 7.91. The van der Waals surface area contributed by atoms with Gasteiger partial charge in [-0.15, -0.1) is 11.3 Å². The van der Waals surface area contributed by atoms with Gasteiger partial charge in [-0.1, -0.05) is 17.3 Å². The first-order valence-corrected chi connectivity index (χ1v) is 8.58. The normalized spacial score (nSPS) is 11.9. The van der Waals surface area contributed by atoms with Crippen molar-refractivity contribution in [3.8, 4) is 17.0 Å². The molecular formula is C17H18N4O3S. The highest BCUT2D eigenvalue weighted by Crippen LogP contribution is 2.28. The number of amides is 1. The number of anilines is 1. The summed E-state index contributed by atoms with van der Waals surface area (Å²) < 4.78 is 10.7. The molecule has 3 rings (SSSR count). The summed E-state index contributed by atoms with van der Waals surface area (Å²) in [4.78, 5) is 16.1. The summed E-state index contributed by atoms with van der Waals surface area (Å²) in [6, 6.07) is 9.02. The minimum Gasteiger partial charge on any atom is -0.496 e. The zero-order valence-electron chi connectivity index (χ0n) is 13.9. The van der Waals surface area contributed by atoms with Crippen LogP contribution in [0.4, 0.5) is 5.13 Å². The number of hydrogen-bond acceptors (Lipinski definition) is 7. The van der Waals surface area contributed by atoms with Gasteiger partial charge in [0.2, 0.25) is 5.91 Å². The highest BCUT2D eigenvalue weighted by Gasteiger charge is 2.15. The van der Waals surface area contributed by atoms with E-state index in [4.69, 9.17) is 9.26 Å². The number of benzene rings is 1. The molecular weight excluding hydrogens is 340 g/mol. The Morgan fingerprint density at radius 2 is 2.24 bits per heavy atom. The van der Waals surface area contributed by atoms with Crippen LogP contribution in [-0.2, 0) is 11.3 Å². The lowest BCUT2D eigenvalue weighted by Gasteiger charge is -2.11. The van der Waals surface area contributed by atoms with Gasteiger partial charge in [-0.05, 0) is 19.1 Å². The van der Waals surface area contributed by atoms with Gasteiger partial charge in [-0.25, -0.2) is 4.98 Å². The molecule has 0 saturated heterocycles. The van der Waals surface area contributed by atoms with Gasteiger partial charge >= 0.3 is 0 Å². The molecule has 2 N–H and O–H groups in total. The third kappa shape index (κ3) is 4.23. The van der Waals surface area contributed by atoms with Gasteiger partial charge in [0, 0.05) is 23.2 Å². The van der Waals surface area contributed by atoms with Crippen molar-refractivity contribution >= 4 is 22.4 Å². The predicted molar refractivity (Wildman–Crippen MR) is 95.5 cm³/mol. The molecule has 1 atom stereocenters. The fourth-order valence-electron chi connectivity index (χ4n) is 2.22. The maximum atomic E-state index is 12.1. The number of rotatable bonds is 7. The molecule has 0 unspecified atom stereocenters. The topological polar surface area (TPSA) is 89.3 Å². The van der Waals surface area contributed by atoms with E-state index in [0.29, 0.717) is 23.1 Å². The van der Waals surface area contributed by atoms with Crippen molar-refractivity contribution in [2.75, 3.05) is 12.4 Å². The quantitative estimate of drug-likeness (QED) is 0.675. The van der Waals surface area contributed by atoms with Crippen LogP contribution in [0.5, 0.6) is 5.75 Å². The molecule has 2 aromatic heterocycles. The summed E-state index contributed by atoms with van der Waals surface area (Å²) in [6.07, 6.45) is 1.65. The van der Waals surface area contributed by atoms with Crippen LogP contribution in [0.2, 0.25) is 0 Å². The Hall–Kier alpha value is -2.71. The average molecular weight is 358 g/mol. The zero-order chi connectivity index (χ0) is 17.6. The van der Waals surface area contributed by atoms with Crippen LogP contribution in [-0.4, -0.2) is 29.2 Å². The van der Waals surface area contributed by atoms with Crippen LogP contribution in [0.25, 0.3) is 11.3 Å². The summed E-state index contributed by atoms with van der Waals surface area (Å²) in [5.74, 6) is 1.21. The van der Waals surface area contributed by atoms with Crippen LogP contribution in [0.15, 0.2) is 46.4 Å². The largest absolute Gasteiger partial charge is 0.496 e. The van der Waals surface area contributed by atoms with Crippen molar-refractivity contribution in [3.05, 3.63) is 47.7 Å². The Morgan fingerprint density at radius 1 is 1.40 bits per heavy atom. The molecule has 0 aliphatic heterocycles. The van der Waals surface area contributed by atoms with E-state index >= 15 is 0 Å². The molecule has 1 amide bonds. The number of carbonyl (C=O) groups is 1. The summed E-state index contributed by atoms with van der Waals surface area (Å²) in [7, 11) is 1.62. The van der Waals surface area contributed by atoms with Crippen LogP contribution in [0, 0.1) is 0 Å². The Kier molecular flexibility index (Phi) is 5.42. The van der Waals surface area contributed by atoms with Crippen molar-refractivity contribution < 1.29 is 14.1 Å². The Balaban J connectivity index is 1.59. The van der Waals surface area contributed by atoms with Gasteiger partial charge in [0.25, 0.3) is 0 Å². The average Bonchev–Trinajstić information content (AvgIpc) is 3.31. The second-order valence-electron chi connectivity index (χ2n) is 5.31. The van der Waals surface area contributed by atoms with E-state index in [0.717, 1.165) is 11.3 Å².